The molecule has 1 aliphatic rings. The summed E-state index contributed by atoms with van der Waals surface area (Å²) in [5, 5.41) is 3.52. The first kappa shape index (κ1) is 13.8. The van der Waals surface area contributed by atoms with Crippen LogP contribution in [0.15, 0.2) is 39.4 Å². The maximum Gasteiger partial charge on any atom is 0.208 e. The van der Waals surface area contributed by atoms with Crippen LogP contribution >= 0.6 is 15.9 Å². The molecular weight excluding hydrogens is 316 g/mol. The van der Waals surface area contributed by atoms with Gasteiger partial charge in [-0.2, -0.15) is 0 Å². The lowest BCUT2D eigenvalue weighted by molar-refractivity contribution is 0.278. The summed E-state index contributed by atoms with van der Waals surface area (Å²) in [5.74, 6) is 2.42. The topological polar surface area (TPSA) is 38.1 Å². The second-order valence-electron chi connectivity index (χ2n) is 5.34. The van der Waals surface area contributed by atoms with Crippen molar-refractivity contribution >= 4 is 15.9 Å². The Hall–Kier alpha value is -1.13. The summed E-state index contributed by atoms with van der Waals surface area (Å²) < 4.78 is 6.83. The van der Waals surface area contributed by atoms with E-state index < -0.39 is 0 Å². The Bertz CT molecular complexity index is 575. The van der Waals surface area contributed by atoms with E-state index in [1.807, 2.05) is 6.20 Å². The summed E-state index contributed by atoms with van der Waals surface area (Å²) in [5.41, 5.74) is 1.43. The summed E-state index contributed by atoms with van der Waals surface area (Å²) in [6.07, 6.45) is 5.09. The quantitative estimate of drug-likeness (QED) is 0.896. The van der Waals surface area contributed by atoms with Crippen molar-refractivity contribution in [2.75, 3.05) is 0 Å². The number of rotatable bonds is 5. The van der Waals surface area contributed by atoms with Gasteiger partial charge in [0.1, 0.15) is 5.76 Å². The highest BCUT2D eigenvalue weighted by molar-refractivity contribution is 9.10. The summed E-state index contributed by atoms with van der Waals surface area (Å²) in [6.45, 7) is 2.80. The van der Waals surface area contributed by atoms with Gasteiger partial charge in [-0.15, -0.1) is 0 Å². The number of nitrogens with one attached hydrogen (secondary N) is 1. The van der Waals surface area contributed by atoms with Gasteiger partial charge < -0.3 is 9.73 Å². The van der Waals surface area contributed by atoms with Crippen LogP contribution in [0, 0.1) is 0 Å². The molecule has 0 spiro atoms. The average molecular weight is 335 g/mol. The van der Waals surface area contributed by atoms with E-state index in [4.69, 9.17) is 4.42 Å². The fourth-order valence-corrected chi connectivity index (χ4v) is 3.28. The molecule has 1 saturated carbocycles. The molecule has 0 amide bonds. The van der Waals surface area contributed by atoms with Crippen LogP contribution in [0.25, 0.3) is 0 Å². The molecule has 1 aliphatic carbocycles. The largest absolute Gasteiger partial charge is 0.444 e. The number of hydrogen-bond acceptors (Lipinski definition) is 3. The molecule has 4 heteroatoms. The van der Waals surface area contributed by atoms with Crippen LogP contribution in [0.1, 0.15) is 42.9 Å². The number of halogens is 1. The lowest BCUT2D eigenvalue weighted by Gasteiger charge is -2.36. The molecule has 0 atom stereocenters. The first-order valence-electron chi connectivity index (χ1n) is 7.17. The summed E-state index contributed by atoms with van der Waals surface area (Å²) >= 11 is 3.63. The Labute approximate surface area is 127 Å². The fraction of sp³-hybridized carbons (Fsp3) is 0.438. The lowest BCUT2D eigenvalue weighted by Crippen LogP contribution is -2.39. The number of aryl methyl sites for hydroxylation is 1. The zero-order chi connectivity index (χ0) is 13.9. The molecule has 3 rings (SSSR count). The van der Waals surface area contributed by atoms with Crippen molar-refractivity contribution in [3.63, 3.8) is 0 Å². The van der Waals surface area contributed by atoms with Crippen molar-refractivity contribution in [1.82, 2.24) is 10.3 Å². The number of benzene rings is 1. The van der Waals surface area contributed by atoms with Crippen molar-refractivity contribution in [2.45, 2.75) is 44.7 Å². The Morgan fingerprint density at radius 1 is 1.35 bits per heavy atom. The van der Waals surface area contributed by atoms with Crippen molar-refractivity contribution < 1.29 is 4.42 Å². The van der Waals surface area contributed by atoms with Gasteiger partial charge in [-0.25, -0.2) is 4.98 Å². The zero-order valence-corrected chi connectivity index (χ0v) is 13.2. The average Bonchev–Trinajstić information content (AvgIpc) is 2.87. The fourth-order valence-electron chi connectivity index (χ4n) is 2.67. The number of hydrogen-bond donors (Lipinski definition) is 1. The molecule has 1 aromatic carbocycles. The Morgan fingerprint density at radius 3 is 2.85 bits per heavy atom. The van der Waals surface area contributed by atoms with Gasteiger partial charge in [-0.1, -0.05) is 41.1 Å². The van der Waals surface area contributed by atoms with Gasteiger partial charge in [0, 0.05) is 16.9 Å². The normalized spacial score (nSPS) is 21.7. The third-order valence-corrected chi connectivity index (χ3v) is 4.70. The monoisotopic (exact) mass is 334 g/mol. The number of aromatic nitrogens is 1. The summed E-state index contributed by atoms with van der Waals surface area (Å²) in [4.78, 5) is 4.27. The molecule has 1 fully saturated rings. The van der Waals surface area contributed by atoms with Gasteiger partial charge in [-0.3, -0.25) is 0 Å². The van der Waals surface area contributed by atoms with Crippen molar-refractivity contribution in [1.29, 1.82) is 0 Å². The third-order valence-electron chi connectivity index (χ3n) is 3.97. The SMILES string of the molecule is CCc1cnc(CNC2CC(c3ccccc3Br)C2)o1. The Morgan fingerprint density at radius 2 is 2.15 bits per heavy atom. The van der Waals surface area contributed by atoms with E-state index in [2.05, 4.69) is 57.4 Å². The van der Waals surface area contributed by atoms with Crippen molar-refractivity contribution in [3.05, 3.63) is 52.1 Å². The predicted molar refractivity (Wildman–Crippen MR) is 82.6 cm³/mol. The first-order chi connectivity index (χ1) is 9.76. The third kappa shape index (κ3) is 2.96. The highest BCUT2D eigenvalue weighted by Gasteiger charge is 2.31. The zero-order valence-electron chi connectivity index (χ0n) is 11.6. The van der Waals surface area contributed by atoms with E-state index in [0.717, 1.165) is 24.6 Å². The minimum Gasteiger partial charge on any atom is -0.444 e. The van der Waals surface area contributed by atoms with Gasteiger partial charge >= 0.3 is 0 Å². The first-order valence-corrected chi connectivity index (χ1v) is 7.97. The molecule has 0 bridgehead atoms. The maximum absolute atomic E-state index is 5.60. The van der Waals surface area contributed by atoms with E-state index in [1.54, 1.807) is 0 Å². The molecule has 3 nitrogen and oxygen atoms in total. The van der Waals surface area contributed by atoms with Crippen molar-refractivity contribution in [2.24, 2.45) is 0 Å². The molecule has 1 heterocycles. The van der Waals surface area contributed by atoms with Crippen LogP contribution in [0.3, 0.4) is 0 Å². The van der Waals surface area contributed by atoms with Crippen LogP contribution in [-0.4, -0.2) is 11.0 Å². The van der Waals surface area contributed by atoms with Crippen LogP contribution < -0.4 is 5.32 Å². The molecule has 0 aliphatic heterocycles. The molecule has 20 heavy (non-hydrogen) atoms. The molecule has 0 unspecified atom stereocenters. The van der Waals surface area contributed by atoms with E-state index in [0.29, 0.717) is 12.0 Å². The van der Waals surface area contributed by atoms with Gasteiger partial charge in [0.05, 0.1) is 12.7 Å². The predicted octanol–water partition coefficient (Wildman–Crippen LogP) is 4.04. The summed E-state index contributed by atoms with van der Waals surface area (Å²) in [7, 11) is 0. The molecule has 1 N–H and O–H groups in total. The highest BCUT2D eigenvalue weighted by Crippen LogP contribution is 2.40. The molecule has 2 aromatic rings. The van der Waals surface area contributed by atoms with Gasteiger partial charge in [0.2, 0.25) is 5.89 Å². The maximum atomic E-state index is 5.60. The van der Waals surface area contributed by atoms with Crippen LogP contribution in [0.4, 0.5) is 0 Å². The highest BCUT2D eigenvalue weighted by atomic mass is 79.9. The number of nitrogens with zero attached hydrogens (tertiary/aromatic N) is 1. The standard InChI is InChI=1S/C16H19BrN2O/c1-2-13-9-19-16(20-13)10-18-12-7-11(8-12)14-5-3-4-6-15(14)17/h3-6,9,11-12,18H,2,7-8,10H2,1H3. The lowest BCUT2D eigenvalue weighted by atomic mass is 9.76. The second-order valence-corrected chi connectivity index (χ2v) is 6.20. The molecule has 106 valence electrons. The smallest absolute Gasteiger partial charge is 0.208 e. The van der Waals surface area contributed by atoms with E-state index >= 15 is 0 Å². The van der Waals surface area contributed by atoms with E-state index in [-0.39, 0.29) is 0 Å². The van der Waals surface area contributed by atoms with Gasteiger partial charge in [0.25, 0.3) is 0 Å². The Balaban J connectivity index is 1.48. The molecular formula is C16H19BrN2O. The van der Waals surface area contributed by atoms with Crippen LogP contribution in [-0.2, 0) is 13.0 Å². The number of oxazole rings is 1. The molecule has 0 radical (unpaired) electrons. The van der Waals surface area contributed by atoms with E-state index in [1.165, 1.54) is 22.9 Å². The van der Waals surface area contributed by atoms with E-state index in [9.17, 15) is 0 Å². The van der Waals surface area contributed by atoms with Gasteiger partial charge in [0.15, 0.2) is 0 Å². The van der Waals surface area contributed by atoms with Gasteiger partial charge in [-0.05, 0) is 30.4 Å². The van der Waals surface area contributed by atoms with Crippen LogP contribution in [0.2, 0.25) is 0 Å². The minimum atomic E-state index is 0.573. The Kier molecular flexibility index (Phi) is 4.22. The summed E-state index contributed by atoms with van der Waals surface area (Å²) in [6, 6.07) is 9.08. The minimum absolute atomic E-state index is 0.573. The molecule has 1 aromatic heterocycles. The molecule has 0 saturated heterocycles. The second kappa shape index (κ2) is 6.10. The van der Waals surface area contributed by atoms with Crippen LogP contribution in [0.5, 0.6) is 0 Å². The van der Waals surface area contributed by atoms with Crippen molar-refractivity contribution in [3.8, 4) is 0 Å².